The summed E-state index contributed by atoms with van der Waals surface area (Å²) in [5, 5.41) is 23.7. The van der Waals surface area contributed by atoms with Crippen molar-refractivity contribution >= 4 is 11.9 Å². The lowest BCUT2D eigenvalue weighted by molar-refractivity contribution is -0.151. The fourth-order valence-electron chi connectivity index (χ4n) is 7.05. The minimum absolute atomic E-state index is 0.0164. The second kappa shape index (κ2) is 47.8. The van der Waals surface area contributed by atoms with E-state index in [0.717, 1.165) is 83.5 Å². The van der Waals surface area contributed by atoms with Gasteiger partial charge in [0.15, 0.2) is 0 Å². The molecule has 3 N–H and O–H groups in total. The van der Waals surface area contributed by atoms with E-state index in [1.165, 1.54) is 83.5 Å². The molecule has 0 saturated heterocycles. The molecule has 1 amide bonds. The van der Waals surface area contributed by atoms with E-state index < -0.39 is 18.2 Å². The monoisotopic (exact) mass is 848 g/mol. The molecule has 0 aromatic carbocycles. The van der Waals surface area contributed by atoms with Gasteiger partial charge >= 0.3 is 5.97 Å². The highest BCUT2D eigenvalue weighted by Gasteiger charge is 2.24. The van der Waals surface area contributed by atoms with E-state index >= 15 is 0 Å². The zero-order valence-electron chi connectivity index (χ0n) is 39.5. The maximum absolute atomic E-state index is 13.2. The highest BCUT2D eigenvalue weighted by molar-refractivity contribution is 5.77. The number of allylic oxidation sites excluding steroid dienone is 16. The van der Waals surface area contributed by atoms with Crippen LogP contribution in [0.1, 0.15) is 213 Å². The fraction of sp³-hybridized carbons (Fsp3) is 0.673. The maximum Gasteiger partial charge on any atom is 0.306 e. The van der Waals surface area contributed by atoms with Crippen molar-refractivity contribution in [1.82, 2.24) is 5.32 Å². The third kappa shape index (κ3) is 43.2. The minimum Gasteiger partial charge on any atom is -0.462 e. The lowest BCUT2D eigenvalue weighted by atomic mass is 10.0. The third-order valence-electron chi connectivity index (χ3n) is 10.8. The highest BCUT2D eigenvalue weighted by Crippen LogP contribution is 2.16. The molecule has 0 rings (SSSR count). The molecule has 0 saturated carbocycles. The number of ether oxygens (including phenoxy) is 1. The van der Waals surface area contributed by atoms with Crippen LogP contribution in [0.3, 0.4) is 0 Å². The van der Waals surface area contributed by atoms with Crippen molar-refractivity contribution in [3.8, 4) is 0 Å². The van der Waals surface area contributed by atoms with Crippen molar-refractivity contribution in [2.45, 2.75) is 232 Å². The molecule has 6 heteroatoms. The summed E-state index contributed by atoms with van der Waals surface area (Å²) in [6, 6.07) is -0.733. The summed E-state index contributed by atoms with van der Waals surface area (Å²) in [5.41, 5.74) is 0. The smallest absolute Gasteiger partial charge is 0.306 e. The Morgan fingerprint density at radius 1 is 0.492 bits per heavy atom. The topological polar surface area (TPSA) is 95.9 Å². The first-order valence-corrected chi connectivity index (χ1v) is 25.1. The molecular weight excluding hydrogens is 755 g/mol. The predicted molar refractivity (Wildman–Crippen MR) is 264 cm³/mol. The molecule has 0 radical (unpaired) electrons. The molecule has 3 atom stereocenters. The Hall–Kier alpha value is -3.22. The molecule has 3 unspecified atom stereocenters. The number of rotatable bonds is 43. The van der Waals surface area contributed by atoms with E-state index in [0.29, 0.717) is 19.3 Å². The lowest BCUT2D eigenvalue weighted by Gasteiger charge is -2.24. The molecule has 0 aliphatic heterocycles. The molecular formula is C55H93NO5. The molecule has 61 heavy (non-hydrogen) atoms. The fourth-order valence-corrected chi connectivity index (χ4v) is 7.05. The summed E-state index contributed by atoms with van der Waals surface area (Å²) in [6.45, 7) is 6.26. The van der Waals surface area contributed by atoms with Crippen LogP contribution in [0, 0.1) is 0 Å². The summed E-state index contributed by atoms with van der Waals surface area (Å²) >= 11 is 0. The average molecular weight is 848 g/mol. The second-order valence-corrected chi connectivity index (χ2v) is 16.7. The van der Waals surface area contributed by atoms with Crippen molar-refractivity contribution in [2.24, 2.45) is 0 Å². The van der Waals surface area contributed by atoms with E-state index in [-0.39, 0.29) is 24.9 Å². The highest BCUT2D eigenvalue weighted by atomic mass is 16.5. The summed E-state index contributed by atoms with van der Waals surface area (Å²) in [5.74, 6) is -0.577. The first-order valence-electron chi connectivity index (χ1n) is 25.1. The van der Waals surface area contributed by atoms with Crippen LogP contribution in [0.5, 0.6) is 0 Å². The van der Waals surface area contributed by atoms with E-state index in [9.17, 15) is 19.8 Å². The standard InChI is InChI=1S/C55H93NO5/c1-4-7-10-13-16-19-22-24-25-26-27-28-30-33-36-39-42-45-48-55(60)61-51(46-43-40-37-34-31-21-18-15-12-9-6-3)49-54(59)56-52(50-57)53(58)47-44-41-38-35-32-29-23-20-17-14-11-8-5-2/h9,12,15-16,18-19,21-22,24-28,31,34,37,51-53,57-58H,4-8,10-11,13-14,17,20,23,29-30,32-33,35-36,38-50H2,1-3H3,(H,56,59)/b12-9+,18-15+,19-16+,24-22+,26-25+,28-27+,31-21-,37-34-. The molecule has 0 aromatic heterocycles. The number of carbonyl (C=O) groups is 2. The first kappa shape index (κ1) is 57.8. The van der Waals surface area contributed by atoms with E-state index in [1.807, 2.05) is 36.5 Å². The van der Waals surface area contributed by atoms with Gasteiger partial charge in [0.25, 0.3) is 0 Å². The van der Waals surface area contributed by atoms with Gasteiger partial charge in [-0.1, -0.05) is 234 Å². The van der Waals surface area contributed by atoms with Crippen LogP contribution < -0.4 is 5.32 Å². The van der Waals surface area contributed by atoms with Crippen LogP contribution in [-0.4, -0.2) is 46.9 Å². The molecule has 348 valence electrons. The molecule has 0 aromatic rings. The van der Waals surface area contributed by atoms with Gasteiger partial charge in [0, 0.05) is 6.42 Å². The quantitative estimate of drug-likeness (QED) is 0.0323. The number of hydrogen-bond acceptors (Lipinski definition) is 5. The van der Waals surface area contributed by atoms with Gasteiger partial charge in [-0.2, -0.15) is 0 Å². The molecule has 0 fully saturated rings. The molecule has 0 bridgehead atoms. The van der Waals surface area contributed by atoms with Crippen LogP contribution in [-0.2, 0) is 14.3 Å². The van der Waals surface area contributed by atoms with Crippen molar-refractivity contribution in [3.05, 3.63) is 97.2 Å². The van der Waals surface area contributed by atoms with Gasteiger partial charge in [-0.15, -0.1) is 0 Å². The van der Waals surface area contributed by atoms with Gasteiger partial charge in [-0.25, -0.2) is 0 Å². The van der Waals surface area contributed by atoms with E-state index in [1.54, 1.807) is 0 Å². The second-order valence-electron chi connectivity index (χ2n) is 16.7. The Morgan fingerprint density at radius 3 is 1.41 bits per heavy atom. The Labute approximate surface area is 376 Å². The number of amides is 1. The van der Waals surface area contributed by atoms with Crippen molar-refractivity contribution in [2.75, 3.05) is 6.61 Å². The van der Waals surface area contributed by atoms with Gasteiger partial charge in [0.2, 0.25) is 5.91 Å². The number of esters is 1. The summed E-state index contributed by atoms with van der Waals surface area (Å²) < 4.78 is 5.87. The van der Waals surface area contributed by atoms with E-state index in [2.05, 4.69) is 86.8 Å². The number of unbranched alkanes of at least 4 members (excludes halogenated alkanes) is 21. The summed E-state index contributed by atoms with van der Waals surface area (Å²) in [7, 11) is 0. The van der Waals surface area contributed by atoms with Gasteiger partial charge in [-0.3, -0.25) is 9.59 Å². The zero-order chi connectivity index (χ0) is 44.5. The Morgan fingerprint density at radius 2 is 0.902 bits per heavy atom. The van der Waals surface area contributed by atoms with Gasteiger partial charge < -0.3 is 20.3 Å². The molecule has 0 aliphatic carbocycles. The average Bonchev–Trinajstić information content (AvgIpc) is 3.25. The number of carbonyl (C=O) groups excluding carboxylic acids is 2. The van der Waals surface area contributed by atoms with Gasteiger partial charge in [0.05, 0.1) is 25.2 Å². The summed E-state index contributed by atoms with van der Waals surface area (Å²) in [4.78, 5) is 26.1. The first-order chi connectivity index (χ1) is 30.0. The number of aliphatic hydroxyl groups is 2. The SMILES string of the molecule is CC/C=C/C=C/C=C\C=C/CCCC(CC(=O)NC(CO)C(O)CCCCCCCCCCCCCCC)OC(=O)CCCCCCC/C=C/C=C/C=C/C=C/CCCCC. The maximum atomic E-state index is 13.2. The molecule has 0 heterocycles. The van der Waals surface area contributed by atoms with Crippen LogP contribution in [0.2, 0.25) is 0 Å². The Bertz CT molecular complexity index is 1220. The van der Waals surface area contributed by atoms with Crippen LogP contribution >= 0.6 is 0 Å². The minimum atomic E-state index is -0.814. The van der Waals surface area contributed by atoms with E-state index in [4.69, 9.17) is 4.74 Å². The lowest BCUT2D eigenvalue weighted by Crippen LogP contribution is -2.46. The largest absolute Gasteiger partial charge is 0.462 e. The molecule has 0 spiro atoms. The number of hydrogen-bond donors (Lipinski definition) is 3. The number of nitrogens with one attached hydrogen (secondary N) is 1. The van der Waals surface area contributed by atoms with Crippen molar-refractivity contribution in [1.29, 1.82) is 0 Å². The zero-order valence-corrected chi connectivity index (χ0v) is 39.5. The van der Waals surface area contributed by atoms with Crippen molar-refractivity contribution < 1.29 is 24.5 Å². The normalized spacial score (nSPS) is 14.1. The van der Waals surface area contributed by atoms with Crippen LogP contribution in [0.4, 0.5) is 0 Å². The Kier molecular flexibility index (Phi) is 45.3. The van der Waals surface area contributed by atoms with Crippen molar-refractivity contribution in [3.63, 3.8) is 0 Å². The number of aliphatic hydroxyl groups excluding tert-OH is 2. The predicted octanol–water partition coefficient (Wildman–Crippen LogP) is 14.9. The third-order valence-corrected chi connectivity index (χ3v) is 10.8. The van der Waals surface area contributed by atoms with Gasteiger partial charge in [-0.05, 0) is 64.2 Å². The van der Waals surface area contributed by atoms with Gasteiger partial charge in [0.1, 0.15) is 6.10 Å². The molecule has 6 nitrogen and oxygen atoms in total. The summed E-state index contributed by atoms with van der Waals surface area (Å²) in [6.07, 6.45) is 63.3. The van der Waals surface area contributed by atoms with Crippen LogP contribution in [0.15, 0.2) is 97.2 Å². The molecule has 0 aliphatic rings. The van der Waals surface area contributed by atoms with Crippen LogP contribution in [0.25, 0.3) is 0 Å². The Balaban J connectivity index is 4.67.